The molecule has 0 radical (unpaired) electrons. The van der Waals surface area contributed by atoms with Gasteiger partial charge in [0.2, 0.25) is 0 Å². The summed E-state index contributed by atoms with van der Waals surface area (Å²) in [4.78, 5) is 3.59. The lowest BCUT2D eigenvalue weighted by Gasteiger charge is -2.06. The maximum absolute atomic E-state index is 13.5. The van der Waals surface area contributed by atoms with Crippen molar-refractivity contribution in [1.29, 1.82) is 0 Å². The predicted molar refractivity (Wildman–Crippen MR) is 46.0 cm³/mol. The van der Waals surface area contributed by atoms with Gasteiger partial charge in [0, 0.05) is 11.6 Å². The van der Waals surface area contributed by atoms with E-state index in [1.807, 2.05) is 0 Å². The molecule has 1 aromatic heterocycles. The van der Waals surface area contributed by atoms with E-state index in [2.05, 4.69) is 10.1 Å². The first-order valence-corrected chi connectivity index (χ1v) is 4.10. The molecular formula is C9H6F3N3. The van der Waals surface area contributed by atoms with Gasteiger partial charge in [0.25, 0.3) is 0 Å². The minimum atomic E-state index is -1.18. The molecule has 0 aliphatic rings. The summed E-state index contributed by atoms with van der Waals surface area (Å²) in [5.74, 6) is -3.14. The molecule has 1 heterocycles. The summed E-state index contributed by atoms with van der Waals surface area (Å²) >= 11 is 0. The van der Waals surface area contributed by atoms with Gasteiger partial charge in [-0.2, -0.15) is 5.10 Å². The van der Waals surface area contributed by atoms with Crippen molar-refractivity contribution >= 4 is 0 Å². The molecule has 1 aromatic carbocycles. The molecule has 2 rings (SSSR count). The van der Waals surface area contributed by atoms with E-state index >= 15 is 0 Å². The van der Waals surface area contributed by atoms with Crippen LogP contribution in [0.1, 0.15) is 5.56 Å². The Morgan fingerprint density at radius 3 is 2.53 bits per heavy atom. The average Bonchev–Trinajstić information content (AvgIpc) is 2.73. The second-order valence-electron chi connectivity index (χ2n) is 2.97. The Labute approximate surface area is 83.2 Å². The normalized spacial score (nSPS) is 10.7. The molecule has 0 aliphatic heterocycles. The number of benzene rings is 1. The Bertz CT molecular complexity index is 494. The number of aromatic nitrogens is 3. The first kappa shape index (κ1) is 9.70. The largest absolute Gasteiger partial charge is 0.223 e. The minimum Gasteiger partial charge on any atom is -0.223 e. The fraction of sp³-hybridized carbons (Fsp3) is 0.111. The third kappa shape index (κ3) is 1.47. The van der Waals surface area contributed by atoms with Crippen molar-refractivity contribution in [2.75, 3.05) is 0 Å². The summed E-state index contributed by atoms with van der Waals surface area (Å²) in [6, 6.07) is 0.742. The zero-order chi connectivity index (χ0) is 11.0. The third-order valence-electron chi connectivity index (χ3n) is 2.02. The highest BCUT2D eigenvalue weighted by Gasteiger charge is 2.16. The molecule has 2 aromatic rings. The summed E-state index contributed by atoms with van der Waals surface area (Å²) < 4.78 is 40.5. The van der Waals surface area contributed by atoms with Crippen molar-refractivity contribution < 1.29 is 13.2 Å². The first-order valence-electron chi connectivity index (χ1n) is 4.10. The molecule has 0 unspecified atom stereocenters. The molecule has 78 valence electrons. The highest BCUT2D eigenvalue weighted by atomic mass is 19.2. The number of hydrogen-bond donors (Lipinski definition) is 0. The van der Waals surface area contributed by atoms with Gasteiger partial charge in [0.1, 0.15) is 18.3 Å². The monoisotopic (exact) mass is 213 g/mol. The van der Waals surface area contributed by atoms with Crippen LogP contribution in [0.25, 0.3) is 5.69 Å². The van der Waals surface area contributed by atoms with Crippen LogP contribution < -0.4 is 0 Å². The predicted octanol–water partition coefficient (Wildman–Crippen LogP) is 1.99. The van der Waals surface area contributed by atoms with Crippen LogP contribution in [-0.2, 0) is 0 Å². The lowest BCUT2D eigenvalue weighted by Crippen LogP contribution is -2.04. The lowest BCUT2D eigenvalue weighted by molar-refractivity contribution is 0.482. The van der Waals surface area contributed by atoms with Crippen molar-refractivity contribution in [3.05, 3.63) is 41.7 Å². The fourth-order valence-electron chi connectivity index (χ4n) is 1.21. The van der Waals surface area contributed by atoms with E-state index < -0.39 is 17.5 Å². The second kappa shape index (κ2) is 3.38. The topological polar surface area (TPSA) is 30.7 Å². The Morgan fingerprint density at radius 2 is 1.93 bits per heavy atom. The first-order chi connectivity index (χ1) is 7.11. The summed E-state index contributed by atoms with van der Waals surface area (Å²) in [6.45, 7) is 1.16. The van der Waals surface area contributed by atoms with Crippen molar-refractivity contribution in [3.63, 3.8) is 0 Å². The highest BCUT2D eigenvalue weighted by molar-refractivity contribution is 5.38. The summed E-state index contributed by atoms with van der Waals surface area (Å²) in [5, 5.41) is 3.64. The van der Waals surface area contributed by atoms with Crippen LogP contribution in [0.15, 0.2) is 18.7 Å². The number of nitrogens with zero attached hydrogens (tertiary/aromatic N) is 3. The smallest absolute Gasteiger partial charge is 0.164 e. The Kier molecular flexibility index (Phi) is 2.18. The van der Waals surface area contributed by atoms with Crippen molar-refractivity contribution in [2.24, 2.45) is 0 Å². The number of hydrogen-bond acceptors (Lipinski definition) is 2. The molecule has 0 saturated carbocycles. The van der Waals surface area contributed by atoms with Gasteiger partial charge in [-0.3, -0.25) is 0 Å². The maximum atomic E-state index is 13.5. The van der Waals surface area contributed by atoms with E-state index in [9.17, 15) is 13.2 Å². The molecule has 6 heteroatoms. The molecule has 0 aliphatic carbocycles. The molecule has 0 saturated heterocycles. The van der Waals surface area contributed by atoms with Crippen LogP contribution in [0.3, 0.4) is 0 Å². The maximum Gasteiger partial charge on any atom is 0.164 e. The quantitative estimate of drug-likeness (QED) is 0.678. The van der Waals surface area contributed by atoms with Crippen molar-refractivity contribution in [1.82, 2.24) is 14.8 Å². The molecule has 0 spiro atoms. The van der Waals surface area contributed by atoms with Crippen molar-refractivity contribution in [2.45, 2.75) is 6.92 Å². The van der Waals surface area contributed by atoms with Gasteiger partial charge in [-0.15, -0.1) is 0 Å². The van der Waals surface area contributed by atoms with Gasteiger partial charge in [-0.05, 0) is 6.92 Å². The van der Waals surface area contributed by atoms with Crippen LogP contribution in [-0.4, -0.2) is 14.8 Å². The number of halogens is 3. The van der Waals surface area contributed by atoms with Gasteiger partial charge in [0.05, 0.1) is 0 Å². The summed E-state index contributed by atoms with van der Waals surface area (Å²) in [5.41, 5.74) is -0.538. The average molecular weight is 213 g/mol. The zero-order valence-electron chi connectivity index (χ0n) is 7.71. The Balaban J connectivity index is 2.69. The van der Waals surface area contributed by atoms with Gasteiger partial charge in [-0.25, -0.2) is 22.8 Å². The van der Waals surface area contributed by atoms with E-state index in [0.717, 1.165) is 17.7 Å². The zero-order valence-corrected chi connectivity index (χ0v) is 7.71. The van der Waals surface area contributed by atoms with E-state index in [1.54, 1.807) is 0 Å². The number of rotatable bonds is 1. The van der Waals surface area contributed by atoms with Crippen LogP contribution in [0.2, 0.25) is 0 Å². The van der Waals surface area contributed by atoms with E-state index in [0.29, 0.717) is 0 Å². The van der Waals surface area contributed by atoms with Gasteiger partial charge in [0.15, 0.2) is 17.5 Å². The summed E-state index contributed by atoms with van der Waals surface area (Å²) in [7, 11) is 0. The molecule has 15 heavy (non-hydrogen) atoms. The van der Waals surface area contributed by atoms with Crippen LogP contribution in [0, 0.1) is 24.4 Å². The molecule has 3 nitrogen and oxygen atoms in total. The van der Waals surface area contributed by atoms with E-state index in [-0.39, 0.29) is 11.3 Å². The molecule has 0 N–H and O–H groups in total. The fourth-order valence-corrected chi connectivity index (χ4v) is 1.21. The standard InChI is InChI=1S/C9H6F3N3/c1-5-8(11)6(10)2-7(9(5)12)15-4-13-3-14-15/h2-4H,1H3. The lowest BCUT2D eigenvalue weighted by atomic mass is 10.2. The Morgan fingerprint density at radius 1 is 1.20 bits per heavy atom. The van der Waals surface area contributed by atoms with Gasteiger partial charge in [-0.1, -0.05) is 0 Å². The molecule has 0 atom stereocenters. The second-order valence-corrected chi connectivity index (χ2v) is 2.97. The van der Waals surface area contributed by atoms with E-state index in [4.69, 9.17) is 0 Å². The van der Waals surface area contributed by atoms with Gasteiger partial charge < -0.3 is 0 Å². The molecule has 0 fully saturated rings. The third-order valence-corrected chi connectivity index (χ3v) is 2.02. The molecule has 0 amide bonds. The van der Waals surface area contributed by atoms with Crippen molar-refractivity contribution in [3.8, 4) is 5.69 Å². The van der Waals surface area contributed by atoms with Gasteiger partial charge >= 0.3 is 0 Å². The summed E-state index contributed by atoms with van der Waals surface area (Å²) in [6.07, 6.45) is 2.38. The highest BCUT2D eigenvalue weighted by Crippen LogP contribution is 2.21. The molecule has 0 bridgehead atoms. The van der Waals surface area contributed by atoms with Crippen LogP contribution in [0.5, 0.6) is 0 Å². The van der Waals surface area contributed by atoms with Crippen LogP contribution in [0.4, 0.5) is 13.2 Å². The molecular weight excluding hydrogens is 207 g/mol. The minimum absolute atomic E-state index is 0.163. The SMILES string of the molecule is Cc1c(F)c(F)cc(-n2cncn2)c1F. The Hall–Kier alpha value is -1.85. The van der Waals surface area contributed by atoms with Crippen LogP contribution >= 0.6 is 0 Å². The van der Waals surface area contributed by atoms with E-state index in [1.165, 1.54) is 12.7 Å².